The number of fused-ring (bicyclic) bond motifs is 1. The molecule has 6 rings (SSSR count). The van der Waals surface area contributed by atoms with Gasteiger partial charge in [-0.15, -0.1) is 11.3 Å². The van der Waals surface area contributed by atoms with Gasteiger partial charge in [-0.25, -0.2) is 9.97 Å². The first-order chi connectivity index (χ1) is 18.8. The first-order valence-corrected chi connectivity index (χ1v) is 14.4. The molecule has 0 radical (unpaired) electrons. The summed E-state index contributed by atoms with van der Waals surface area (Å²) in [5, 5.41) is 38.5. The van der Waals surface area contributed by atoms with Crippen LogP contribution >= 0.6 is 11.3 Å². The van der Waals surface area contributed by atoms with E-state index in [9.17, 15) is 15.3 Å². The van der Waals surface area contributed by atoms with E-state index in [1.54, 1.807) is 11.3 Å². The van der Waals surface area contributed by atoms with Gasteiger partial charge in [0.1, 0.15) is 22.4 Å². The predicted molar refractivity (Wildman–Crippen MR) is 153 cm³/mol. The van der Waals surface area contributed by atoms with Crippen LogP contribution in [-0.2, 0) is 0 Å². The fourth-order valence-electron chi connectivity index (χ4n) is 5.60. The fourth-order valence-corrected chi connectivity index (χ4v) is 6.67. The van der Waals surface area contributed by atoms with Gasteiger partial charge in [0.25, 0.3) is 0 Å². The summed E-state index contributed by atoms with van der Waals surface area (Å²) < 4.78 is 1.07. The van der Waals surface area contributed by atoms with E-state index < -0.39 is 24.2 Å². The maximum atomic E-state index is 10.8. The van der Waals surface area contributed by atoms with Gasteiger partial charge in [0.2, 0.25) is 5.95 Å². The number of nitrogens with zero attached hydrogens (tertiary/aromatic N) is 4. The number of aromatic nitrogens is 4. The zero-order chi connectivity index (χ0) is 27.3. The number of hydrogen-bond acceptors (Lipinski definition) is 10. The van der Waals surface area contributed by atoms with E-state index in [4.69, 9.17) is 15.0 Å². The number of anilines is 2. The monoisotopic (exact) mass is 546 g/mol. The highest BCUT2D eigenvalue weighted by molar-refractivity contribution is 7.21. The Bertz CT molecular complexity index is 1510. The number of aryl methyl sites for hydroxylation is 2. The van der Waals surface area contributed by atoms with Crippen molar-refractivity contribution in [1.82, 2.24) is 19.9 Å². The molecule has 204 valence electrons. The van der Waals surface area contributed by atoms with Crippen LogP contribution < -0.4 is 10.6 Å². The summed E-state index contributed by atoms with van der Waals surface area (Å²) in [5.41, 5.74) is 5.83. The number of aliphatic hydroxyl groups excluding tert-OH is 3. The lowest BCUT2D eigenvalue weighted by Gasteiger charge is -2.22. The van der Waals surface area contributed by atoms with Crippen LogP contribution in [0.3, 0.4) is 0 Å². The minimum absolute atomic E-state index is 0.0309. The third-order valence-electron chi connectivity index (χ3n) is 7.96. The van der Waals surface area contributed by atoms with E-state index in [-0.39, 0.29) is 12.6 Å². The molecular weight excluding hydrogens is 512 g/mol. The Balaban J connectivity index is 1.41. The van der Waals surface area contributed by atoms with Gasteiger partial charge in [0.05, 0.1) is 39.8 Å². The fraction of sp³-hybridized carbons (Fsp3) is 0.448. The third-order valence-corrected chi connectivity index (χ3v) is 9.00. The van der Waals surface area contributed by atoms with Crippen LogP contribution in [0.25, 0.3) is 20.8 Å². The molecular formula is C29H34N6O3S. The molecule has 5 N–H and O–H groups in total. The highest BCUT2D eigenvalue weighted by Crippen LogP contribution is 2.44. The Hall–Kier alpha value is -3.18. The zero-order valence-corrected chi connectivity index (χ0v) is 23.1. The summed E-state index contributed by atoms with van der Waals surface area (Å²) in [6, 6.07) is 9.69. The summed E-state index contributed by atoms with van der Waals surface area (Å²) in [7, 11) is 0. The number of rotatable bonds is 8. The largest absolute Gasteiger partial charge is 0.396 e. The molecule has 2 fully saturated rings. The Morgan fingerprint density at radius 3 is 2.56 bits per heavy atom. The number of pyridine rings is 1. The van der Waals surface area contributed by atoms with Crippen molar-refractivity contribution in [2.45, 2.75) is 70.2 Å². The van der Waals surface area contributed by atoms with Crippen molar-refractivity contribution >= 4 is 33.3 Å². The second kappa shape index (κ2) is 10.4. The molecule has 5 atom stereocenters. The van der Waals surface area contributed by atoms with Gasteiger partial charge in [-0.05, 0) is 57.2 Å². The summed E-state index contributed by atoms with van der Waals surface area (Å²) in [4.78, 5) is 19.3. The standard InChI is InChI=1S/C29H34N6O3S/c1-14-6-4-5-7-19(14)15(2)31-29-32-16(3)22(27(35-29)33-20-12-18(13-36)25(37)26(20)38)28-34-24-21(39-28)10-11-30-23(24)17-8-9-17/h4-7,10-11,15,17-18,20,25-26,36-38H,8-9,12-13H2,1-3H3,(H2,31,32,33,35)/t15-,18-,20-,25-,26+/m1/s1. The smallest absolute Gasteiger partial charge is 0.225 e. The number of nitrogens with one attached hydrogen (secondary N) is 2. The van der Waals surface area contributed by atoms with Crippen molar-refractivity contribution in [2.24, 2.45) is 5.92 Å². The number of aliphatic hydroxyl groups is 3. The van der Waals surface area contributed by atoms with Crippen molar-refractivity contribution < 1.29 is 15.3 Å². The van der Waals surface area contributed by atoms with Crippen molar-refractivity contribution in [3.8, 4) is 10.6 Å². The number of benzene rings is 1. The molecule has 0 saturated heterocycles. The predicted octanol–water partition coefficient (Wildman–Crippen LogP) is 4.33. The van der Waals surface area contributed by atoms with Gasteiger partial charge >= 0.3 is 0 Å². The normalized spacial score (nSPS) is 23.7. The first-order valence-electron chi connectivity index (χ1n) is 13.5. The maximum absolute atomic E-state index is 10.8. The van der Waals surface area contributed by atoms with Crippen LogP contribution in [0.1, 0.15) is 60.7 Å². The second-order valence-electron chi connectivity index (χ2n) is 10.8. The highest BCUT2D eigenvalue weighted by atomic mass is 32.1. The van der Waals surface area contributed by atoms with Crippen molar-refractivity contribution in [1.29, 1.82) is 0 Å². The summed E-state index contributed by atoms with van der Waals surface area (Å²) in [6.45, 7) is 5.90. The van der Waals surface area contributed by atoms with E-state index in [1.807, 2.05) is 31.3 Å². The van der Waals surface area contributed by atoms with Crippen LogP contribution in [0.5, 0.6) is 0 Å². The van der Waals surface area contributed by atoms with Crippen LogP contribution in [0, 0.1) is 19.8 Å². The van der Waals surface area contributed by atoms with Crippen molar-refractivity contribution in [2.75, 3.05) is 17.2 Å². The summed E-state index contributed by atoms with van der Waals surface area (Å²) in [5.74, 6) is 1.07. The lowest BCUT2D eigenvalue weighted by Crippen LogP contribution is -2.35. The highest BCUT2D eigenvalue weighted by Gasteiger charge is 2.41. The van der Waals surface area contributed by atoms with Gasteiger partial charge in [-0.3, -0.25) is 4.98 Å². The molecule has 0 unspecified atom stereocenters. The molecule has 0 spiro atoms. The molecule has 0 amide bonds. The maximum Gasteiger partial charge on any atom is 0.225 e. The van der Waals surface area contributed by atoms with Crippen LogP contribution in [0.4, 0.5) is 11.8 Å². The van der Waals surface area contributed by atoms with Gasteiger partial charge < -0.3 is 26.0 Å². The molecule has 10 heteroatoms. The van der Waals surface area contributed by atoms with Gasteiger partial charge in [-0.1, -0.05) is 24.3 Å². The molecule has 39 heavy (non-hydrogen) atoms. The van der Waals surface area contributed by atoms with E-state index in [0.29, 0.717) is 24.1 Å². The summed E-state index contributed by atoms with van der Waals surface area (Å²) >= 11 is 1.58. The Morgan fingerprint density at radius 1 is 1.05 bits per heavy atom. The van der Waals surface area contributed by atoms with Crippen molar-refractivity contribution in [3.05, 3.63) is 59.0 Å². The Kier molecular flexibility index (Phi) is 6.96. The average Bonchev–Trinajstić information content (AvgIpc) is 3.61. The molecule has 0 bridgehead atoms. The second-order valence-corrected chi connectivity index (χ2v) is 11.9. The minimum Gasteiger partial charge on any atom is -0.396 e. The number of hydrogen-bond donors (Lipinski definition) is 5. The lowest BCUT2D eigenvalue weighted by atomic mass is 10.0. The molecule has 3 aromatic heterocycles. The zero-order valence-electron chi connectivity index (χ0n) is 22.3. The first kappa shape index (κ1) is 26.1. The molecule has 4 aromatic rings. The van der Waals surface area contributed by atoms with Gasteiger partial charge in [-0.2, -0.15) is 4.98 Å². The van der Waals surface area contributed by atoms with Crippen LogP contribution in [-0.4, -0.2) is 60.1 Å². The molecule has 1 aromatic carbocycles. The van der Waals surface area contributed by atoms with Crippen LogP contribution in [0.2, 0.25) is 0 Å². The quantitative estimate of drug-likeness (QED) is 0.219. The molecule has 3 heterocycles. The minimum atomic E-state index is -1.03. The Morgan fingerprint density at radius 2 is 1.85 bits per heavy atom. The molecule has 9 nitrogen and oxygen atoms in total. The summed E-state index contributed by atoms with van der Waals surface area (Å²) in [6.07, 6.45) is 2.51. The van der Waals surface area contributed by atoms with Crippen LogP contribution in [0.15, 0.2) is 36.5 Å². The molecule has 2 aliphatic rings. The Labute approximate surface area is 231 Å². The van der Waals surface area contributed by atoms with E-state index in [1.165, 1.54) is 5.56 Å². The SMILES string of the molecule is Cc1ccccc1[C@@H](C)Nc1nc(C)c(-c2nc3c(C4CC4)nccc3s2)c(N[C@@H]2C[C@H](CO)[C@@H](O)[C@H]2O)n1. The van der Waals surface area contributed by atoms with E-state index in [2.05, 4.69) is 41.6 Å². The van der Waals surface area contributed by atoms with Gasteiger partial charge in [0, 0.05) is 24.6 Å². The topological polar surface area (TPSA) is 136 Å². The van der Waals surface area contributed by atoms with Crippen molar-refractivity contribution in [3.63, 3.8) is 0 Å². The lowest BCUT2D eigenvalue weighted by molar-refractivity contribution is 0.00446. The average molecular weight is 547 g/mol. The molecule has 0 aliphatic heterocycles. The molecule has 2 saturated carbocycles. The van der Waals surface area contributed by atoms with E-state index >= 15 is 0 Å². The molecule has 2 aliphatic carbocycles. The number of thiazole rings is 1. The van der Waals surface area contributed by atoms with E-state index in [0.717, 1.165) is 50.6 Å². The van der Waals surface area contributed by atoms with Gasteiger partial charge in [0.15, 0.2) is 0 Å². The third kappa shape index (κ3) is 4.98.